The van der Waals surface area contributed by atoms with Crippen LogP contribution in [-0.4, -0.2) is 47.0 Å². The molecule has 1 saturated heterocycles. The number of hydrogen-bond donors (Lipinski definition) is 2. The van der Waals surface area contributed by atoms with E-state index in [0.717, 1.165) is 31.6 Å². The van der Waals surface area contributed by atoms with Crippen molar-refractivity contribution >= 4 is 11.6 Å². The number of nitro groups is 1. The minimum atomic E-state index is -0.686. The fourth-order valence-corrected chi connectivity index (χ4v) is 2.15. The molecule has 2 rings (SSSR count). The molecule has 1 amide bonds. The summed E-state index contributed by atoms with van der Waals surface area (Å²) in [4.78, 5) is 23.7. The van der Waals surface area contributed by atoms with E-state index in [4.69, 9.17) is 0 Å². The zero-order valence-electron chi connectivity index (χ0n) is 10.5. The fraction of sp³-hybridized carbons (Fsp3) is 0.417. The molecule has 2 N–H and O–H groups in total. The summed E-state index contributed by atoms with van der Waals surface area (Å²) in [6.45, 7) is 1.61. The number of amides is 1. The average molecular weight is 265 g/mol. The van der Waals surface area contributed by atoms with Gasteiger partial charge in [-0.3, -0.25) is 14.9 Å². The third-order valence-corrected chi connectivity index (χ3v) is 3.32. The first-order valence-corrected chi connectivity index (χ1v) is 5.96. The van der Waals surface area contributed by atoms with Gasteiger partial charge in [0.15, 0.2) is 5.75 Å². The third kappa shape index (κ3) is 2.65. The van der Waals surface area contributed by atoms with Gasteiger partial charge in [0.25, 0.3) is 5.91 Å². The van der Waals surface area contributed by atoms with E-state index in [-0.39, 0.29) is 17.5 Å². The Morgan fingerprint density at radius 1 is 1.58 bits per heavy atom. The number of rotatable bonds is 3. The maximum atomic E-state index is 12.2. The predicted molar refractivity (Wildman–Crippen MR) is 68.1 cm³/mol. The molecule has 0 aliphatic carbocycles. The molecule has 1 aromatic carbocycles. The van der Waals surface area contributed by atoms with E-state index < -0.39 is 16.4 Å². The summed E-state index contributed by atoms with van der Waals surface area (Å²) in [5.74, 6) is -0.743. The fourth-order valence-electron chi connectivity index (χ4n) is 2.15. The van der Waals surface area contributed by atoms with Gasteiger partial charge in [0, 0.05) is 31.3 Å². The number of phenolic OH excluding ortho intramolecular Hbond substituents is 1. The SMILES string of the molecule is CN(C(=O)c1ccc([N+](=O)[O-])c(O)c1)C1CCNC1. The number of carbonyl (C=O) groups excluding carboxylic acids is 1. The van der Waals surface area contributed by atoms with Crippen molar-refractivity contribution in [3.8, 4) is 5.75 Å². The molecule has 0 aromatic heterocycles. The Kier molecular flexibility index (Phi) is 3.66. The van der Waals surface area contributed by atoms with Gasteiger partial charge in [-0.2, -0.15) is 0 Å². The molecule has 0 bridgehead atoms. The molecule has 1 aliphatic heterocycles. The Labute approximate surface area is 110 Å². The molecule has 1 unspecified atom stereocenters. The quantitative estimate of drug-likeness (QED) is 0.620. The van der Waals surface area contributed by atoms with Crippen molar-refractivity contribution in [2.45, 2.75) is 12.5 Å². The maximum Gasteiger partial charge on any atom is 0.310 e. The van der Waals surface area contributed by atoms with Gasteiger partial charge < -0.3 is 15.3 Å². The Balaban J connectivity index is 2.19. The summed E-state index contributed by atoms with van der Waals surface area (Å²) in [5.41, 5.74) is -0.153. The van der Waals surface area contributed by atoms with Crippen molar-refractivity contribution in [2.24, 2.45) is 0 Å². The molecular formula is C12H15N3O4. The van der Waals surface area contributed by atoms with Crippen LogP contribution >= 0.6 is 0 Å². The van der Waals surface area contributed by atoms with Crippen LogP contribution in [0.15, 0.2) is 18.2 Å². The lowest BCUT2D eigenvalue weighted by Gasteiger charge is -2.23. The van der Waals surface area contributed by atoms with Gasteiger partial charge in [-0.25, -0.2) is 0 Å². The predicted octanol–water partition coefficient (Wildman–Crippen LogP) is 0.734. The normalized spacial score (nSPS) is 18.3. The Hall–Kier alpha value is -2.15. The Morgan fingerprint density at radius 3 is 2.84 bits per heavy atom. The lowest BCUT2D eigenvalue weighted by atomic mass is 10.1. The zero-order chi connectivity index (χ0) is 14.0. The highest BCUT2D eigenvalue weighted by Crippen LogP contribution is 2.27. The molecule has 19 heavy (non-hydrogen) atoms. The van der Waals surface area contributed by atoms with E-state index in [1.54, 1.807) is 11.9 Å². The van der Waals surface area contributed by atoms with Crippen molar-refractivity contribution in [3.63, 3.8) is 0 Å². The van der Waals surface area contributed by atoms with Crippen LogP contribution in [0, 0.1) is 10.1 Å². The molecule has 1 fully saturated rings. The average Bonchev–Trinajstić information content (AvgIpc) is 2.90. The number of likely N-dealkylation sites (N-methyl/N-ethyl adjacent to an activating group) is 1. The van der Waals surface area contributed by atoms with E-state index >= 15 is 0 Å². The van der Waals surface area contributed by atoms with Crippen LogP contribution in [0.1, 0.15) is 16.8 Å². The van der Waals surface area contributed by atoms with E-state index in [1.165, 1.54) is 6.07 Å². The monoisotopic (exact) mass is 265 g/mol. The van der Waals surface area contributed by atoms with E-state index in [2.05, 4.69) is 5.32 Å². The number of aromatic hydroxyl groups is 1. The molecule has 102 valence electrons. The van der Waals surface area contributed by atoms with Gasteiger partial charge in [-0.15, -0.1) is 0 Å². The van der Waals surface area contributed by atoms with Crippen LogP contribution in [0.25, 0.3) is 0 Å². The first-order chi connectivity index (χ1) is 9.00. The molecule has 7 nitrogen and oxygen atoms in total. The smallest absolute Gasteiger partial charge is 0.310 e. The third-order valence-electron chi connectivity index (χ3n) is 3.32. The minimum Gasteiger partial charge on any atom is -0.502 e. The molecule has 0 saturated carbocycles. The number of phenols is 1. The summed E-state index contributed by atoms with van der Waals surface area (Å²) < 4.78 is 0. The van der Waals surface area contributed by atoms with Crippen LogP contribution in [-0.2, 0) is 0 Å². The first-order valence-electron chi connectivity index (χ1n) is 5.96. The van der Waals surface area contributed by atoms with E-state index in [9.17, 15) is 20.0 Å². The number of hydrogen-bond acceptors (Lipinski definition) is 5. The largest absolute Gasteiger partial charge is 0.502 e. The molecule has 1 aromatic rings. The van der Waals surface area contributed by atoms with Crippen molar-refractivity contribution in [3.05, 3.63) is 33.9 Å². The summed E-state index contributed by atoms with van der Waals surface area (Å²) in [7, 11) is 1.69. The van der Waals surface area contributed by atoms with Crippen LogP contribution in [0.2, 0.25) is 0 Å². The van der Waals surface area contributed by atoms with Crippen molar-refractivity contribution in [1.29, 1.82) is 0 Å². The molecule has 0 radical (unpaired) electrons. The maximum absolute atomic E-state index is 12.2. The topological polar surface area (TPSA) is 95.7 Å². The molecular weight excluding hydrogens is 250 g/mol. The van der Waals surface area contributed by atoms with Crippen LogP contribution in [0.3, 0.4) is 0 Å². The van der Waals surface area contributed by atoms with Gasteiger partial charge in [0.2, 0.25) is 0 Å². The van der Waals surface area contributed by atoms with Gasteiger partial charge in [0.05, 0.1) is 4.92 Å². The number of carbonyl (C=O) groups is 1. The highest BCUT2D eigenvalue weighted by Gasteiger charge is 2.25. The van der Waals surface area contributed by atoms with Crippen molar-refractivity contribution in [2.75, 3.05) is 20.1 Å². The van der Waals surface area contributed by atoms with Gasteiger partial charge in [-0.1, -0.05) is 0 Å². The highest BCUT2D eigenvalue weighted by atomic mass is 16.6. The number of benzene rings is 1. The first kappa shape index (κ1) is 13.3. The summed E-state index contributed by atoms with van der Waals surface area (Å²) in [5, 5.41) is 23.3. The zero-order valence-corrected chi connectivity index (χ0v) is 10.5. The van der Waals surface area contributed by atoms with Gasteiger partial charge in [-0.05, 0) is 25.1 Å². The molecule has 1 heterocycles. The van der Waals surface area contributed by atoms with Crippen molar-refractivity contribution < 1.29 is 14.8 Å². The summed E-state index contributed by atoms with van der Waals surface area (Å²) in [6.07, 6.45) is 0.876. The standard InChI is InChI=1S/C12H15N3O4/c1-14(9-4-5-13-7-9)12(17)8-2-3-10(15(18)19)11(16)6-8/h2-3,6,9,13,16H,4-5,7H2,1H3. The van der Waals surface area contributed by atoms with Crippen LogP contribution in [0.5, 0.6) is 5.75 Å². The lowest BCUT2D eigenvalue weighted by Crippen LogP contribution is -2.38. The lowest BCUT2D eigenvalue weighted by molar-refractivity contribution is -0.385. The Morgan fingerprint density at radius 2 is 2.32 bits per heavy atom. The number of nitrogens with one attached hydrogen (secondary N) is 1. The number of nitro benzene ring substituents is 1. The van der Waals surface area contributed by atoms with Crippen LogP contribution < -0.4 is 5.32 Å². The molecule has 1 aliphatic rings. The second kappa shape index (κ2) is 5.23. The molecule has 0 spiro atoms. The second-order valence-corrected chi connectivity index (χ2v) is 4.52. The minimum absolute atomic E-state index is 0.116. The van der Waals surface area contributed by atoms with Crippen molar-refractivity contribution in [1.82, 2.24) is 10.2 Å². The molecule has 1 atom stereocenters. The van der Waals surface area contributed by atoms with E-state index in [1.807, 2.05) is 0 Å². The summed E-state index contributed by atoms with van der Waals surface area (Å²) in [6, 6.07) is 3.76. The summed E-state index contributed by atoms with van der Waals surface area (Å²) >= 11 is 0. The van der Waals surface area contributed by atoms with Gasteiger partial charge in [0.1, 0.15) is 0 Å². The van der Waals surface area contributed by atoms with Crippen LogP contribution in [0.4, 0.5) is 5.69 Å². The van der Waals surface area contributed by atoms with E-state index in [0.29, 0.717) is 0 Å². The Bertz CT molecular complexity index is 512. The molecule has 7 heteroatoms. The number of nitrogens with zero attached hydrogens (tertiary/aromatic N) is 2. The highest BCUT2D eigenvalue weighted by molar-refractivity contribution is 5.95. The van der Waals surface area contributed by atoms with Gasteiger partial charge >= 0.3 is 5.69 Å². The second-order valence-electron chi connectivity index (χ2n) is 4.52.